The lowest BCUT2D eigenvalue weighted by molar-refractivity contribution is 0.411. The first kappa shape index (κ1) is 14.6. The summed E-state index contributed by atoms with van der Waals surface area (Å²) in [6, 6.07) is 15.7. The summed E-state index contributed by atoms with van der Waals surface area (Å²) in [5, 5.41) is 2.42. The van der Waals surface area contributed by atoms with Crippen molar-refractivity contribution in [3.63, 3.8) is 0 Å². The fourth-order valence-corrected chi connectivity index (χ4v) is 2.99. The second kappa shape index (κ2) is 5.30. The van der Waals surface area contributed by atoms with E-state index in [1.54, 1.807) is 48.5 Å². The Morgan fingerprint density at radius 1 is 0.583 bits per heavy atom. The van der Waals surface area contributed by atoms with E-state index in [1.807, 2.05) is 6.07 Å². The Morgan fingerprint density at radius 3 is 1.54 bits per heavy atom. The largest absolute Gasteiger partial charge is 0.252 e. The lowest BCUT2D eigenvalue weighted by Crippen LogP contribution is -2.03. The lowest BCUT2D eigenvalue weighted by atomic mass is 9.92. The Morgan fingerprint density at radius 2 is 1.04 bits per heavy atom. The summed E-state index contributed by atoms with van der Waals surface area (Å²) in [6.45, 7) is 0. The van der Waals surface area contributed by atoms with E-state index < -0.39 is 29.1 Å². The van der Waals surface area contributed by atoms with Crippen LogP contribution in [-0.2, 0) is 0 Å². The SMILES string of the molecule is Fc1nc(F)c(F)c(-c2c3ccccc3cc3ccccc23)c1F. The van der Waals surface area contributed by atoms with Gasteiger partial charge in [-0.15, -0.1) is 0 Å². The molecule has 4 aromatic rings. The van der Waals surface area contributed by atoms with E-state index in [-0.39, 0.29) is 5.56 Å². The second-order valence-electron chi connectivity index (χ2n) is 5.39. The van der Waals surface area contributed by atoms with Gasteiger partial charge in [0.2, 0.25) is 0 Å². The summed E-state index contributed by atoms with van der Waals surface area (Å²) >= 11 is 0. The molecule has 1 nitrogen and oxygen atoms in total. The minimum Gasteiger partial charge on any atom is -0.201 e. The first-order chi connectivity index (χ1) is 11.6. The van der Waals surface area contributed by atoms with Gasteiger partial charge in [0.15, 0.2) is 11.6 Å². The number of benzene rings is 3. The van der Waals surface area contributed by atoms with E-state index in [4.69, 9.17) is 0 Å². The van der Waals surface area contributed by atoms with E-state index in [9.17, 15) is 17.6 Å². The summed E-state index contributed by atoms with van der Waals surface area (Å²) in [6.07, 6.45) is 0. The van der Waals surface area contributed by atoms with Gasteiger partial charge in [-0.2, -0.15) is 13.8 Å². The molecule has 1 aromatic heterocycles. The molecule has 0 spiro atoms. The van der Waals surface area contributed by atoms with Crippen LogP contribution < -0.4 is 0 Å². The van der Waals surface area contributed by atoms with Gasteiger partial charge in [-0.25, -0.2) is 8.78 Å². The molecule has 0 radical (unpaired) electrons. The molecule has 0 atom stereocenters. The second-order valence-corrected chi connectivity index (χ2v) is 5.39. The quantitative estimate of drug-likeness (QED) is 0.251. The van der Waals surface area contributed by atoms with Gasteiger partial charge in [0.1, 0.15) is 0 Å². The molecule has 0 unspecified atom stereocenters. The summed E-state index contributed by atoms with van der Waals surface area (Å²) in [4.78, 5) is 2.64. The van der Waals surface area contributed by atoms with Crippen molar-refractivity contribution >= 4 is 21.5 Å². The maximum absolute atomic E-state index is 14.3. The summed E-state index contributed by atoms with van der Waals surface area (Å²) < 4.78 is 55.9. The zero-order chi connectivity index (χ0) is 16.8. The summed E-state index contributed by atoms with van der Waals surface area (Å²) in [5.74, 6) is -6.34. The fraction of sp³-hybridized carbons (Fsp3) is 0. The van der Waals surface area contributed by atoms with Crippen LogP contribution in [0.4, 0.5) is 17.6 Å². The number of hydrogen-bond donors (Lipinski definition) is 0. The fourth-order valence-electron chi connectivity index (χ4n) is 2.99. The van der Waals surface area contributed by atoms with Crippen molar-refractivity contribution in [1.29, 1.82) is 0 Å². The van der Waals surface area contributed by atoms with Crippen molar-refractivity contribution in [2.75, 3.05) is 0 Å². The number of halogens is 4. The van der Waals surface area contributed by atoms with E-state index in [2.05, 4.69) is 4.98 Å². The van der Waals surface area contributed by atoms with Crippen LogP contribution in [0.2, 0.25) is 0 Å². The van der Waals surface area contributed by atoms with Crippen LogP contribution in [0.5, 0.6) is 0 Å². The van der Waals surface area contributed by atoms with Crippen molar-refractivity contribution in [3.8, 4) is 11.1 Å². The van der Waals surface area contributed by atoms with E-state index >= 15 is 0 Å². The van der Waals surface area contributed by atoms with Gasteiger partial charge in [-0.1, -0.05) is 48.5 Å². The first-order valence-electron chi connectivity index (χ1n) is 7.19. The van der Waals surface area contributed by atoms with Gasteiger partial charge in [0.05, 0.1) is 5.56 Å². The highest BCUT2D eigenvalue weighted by atomic mass is 19.2. The third-order valence-electron chi connectivity index (χ3n) is 4.02. The molecular weight excluding hydrogens is 318 g/mol. The zero-order valence-corrected chi connectivity index (χ0v) is 12.2. The number of fused-ring (bicyclic) bond motifs is 2. The van der Waals surface area contributed by atoms with Crippen molar-refractivity contribution in [1.82, 2.24) is 4.98 Å². The molecule has 3 aromatic carbocycles. The van der Waals surface area contributed by atoms with Gasteiger partial charge >= 0.3 is 0 Å². The molecule has 0 amide bonds. The molecule has 5 heteroatoms. The minimum atomic E-state index is -1.67. The average Bonchev–Trinajstić information content (AvgIpc) is 2.59. The number of aromatic nitrogens is 1. The molecule has 4 rings (SSSR count). The molecule has 0 bridgehead atoms. The van der Waals surface area contributed by atoms with Crippen molar-refractivity contribution < 1.29 is 17.6 Å². The van der Waals surface area contributed by atoms with Gasteiger partial charge in [-0.3, -0.25) is 0 Å². The monoisotopic (exact) mass is 327 g/mol. The normalized spacial score (nSPS) is 11.3. The Bertz CT molecular complexity index is 1030. The summed E-state index contributed by atoms with van der Waals surface area (Å²) in [5.41, 5.74) is -0.633. The topological polar surface area (TPSA) is 12.9 Å². The van der Waals surface area contributed by atoms with Gasteiger partial charge in [0.25, 0.3) is 11.9 Å². The molecule has 0 saturated carbocycles. The molecule has 0 aliphatic heterocycles. The first-order valence-corrected chi connectivity index (χ1v) is 7.19. The van der Waals surface area contributed by atoms with Crippen LogP contribution in [0.25, 0.3) is 32.7 Å². The predicted molar refractivity (Wildman–Crippen MR) is 84.5 cm³/mol. The molecular formula is C19H9F4N. The molecule has 24 heavy (non-hydrogen) atoms. The third kappa shape index (κ3) is 2.05. The van der Waals surface area contributed by atoms with Crippen LogP contribution in [0.15, 0.2) is 54.6 Å². The van der Waals surface area contributed by atoms with E-state index in [0.29, 0.717) is 21.5 Å². The predicted octanol–water partition coefficient (Wildman–Crippen LogP) is 5.61. The number of hydrogen-bond acceptors (Lipinski definition) is 1. The lowest BCUT2D eigenvalue weighted by Gasteiger charge is -2.13. The highest BCUT2D eigenvalue weighted by molar-refractivity contribution is 6.12. The molecule has 0 N–H and O–H groups in total. The van der Waals surface area contributed by atoms with Crippen molar-refractivity contribution in [3.05, 3.63) is 78.1 Å². The molecule has 0 fully saturated rings. The maximum atomic E-state index is 14.3. The zero-order valence-electron chi connectivity index (χ0n) is 12.2. The van der Waals surface area contributed by atoms with Crippen LogP contribution >= 0.6 is 0 Å². The van der Waals surface area contributed by atoms with E-state index in [0.717, 1.165) is 0 Å². The molecule has 0 aliphatic carbocycles. The summed E-state index contributed by atoms with van der Waals surface area (Å²) in [7, 11) is 0. The number of rotatable bonds is 1. The van der Waals surface area contributed by atoms with Crippen LogP contribution in [-0.4, -0.2) is 4.98 Å². The average molecular weight is 327 g/mol. The van der Waals surface area contributed by atoms with Crippen molar-refractivity contribution in [2.24, 2.45) is 0 Å². The third-order valence-corrected chi connectivity index (χ3v) is 4.02. The van der Waals surface area contributed by atoms with Gasteiger partial charge in [-0.05, 0) is 27.6 Å². The van der Waals surface area contributed by atoms with Crippen LogP contribution in [0.1, 0.15) is 0 Å². The Balaban J connectivity index is 2.28. The van der Waals surface area contributed by atoms with Crippen LogP contribution in [0, 0.1) is 23.5 Å². The molecule has 1 heterocycles. The Labute approximate surface area is 134 Å². The standard InChI is InChI=1S/C19H9F4N/c20-16-15(17(21)19(23)24-18(16)22)14-12-7-3-1-5-10(12)9-11-6-2-4-8-13(11)14/h1-9H. The molecule has 0 saturated heterocycles. The van der Waals surface area contributed by atoms with Gasteiger partial charge in [0, 0.05) is 5.56 Å². The number of nitrogens with zero attached hydrogens (tertiary/aromatic N) is 1. The molecule has 118 valence electrons. The van der Waals surface area contributed by atoms with Crippen molar-refractivity contribution in [2.45, 2.75) is 0 Å². The number of pyridine rings is 1. The van der Waals surface area contributed by atoms with Crippen LogP contribution in [0.3, 0.4) is 0 Å². The highest BCUT2D eigenvalue weighted by Crippen LogP contribution is 2.39. The molecule has 0 aliphatic rings. The van der Waals surface area contributed by atoms with E-state index in [1.165, 1.54) is 0 Å². The highest BCUT2D eigenvalue weighted by Gasteiger charge is 2.24. The Hall–Kier alpha value is -2.95. The maximum Gasteiger partial charge on any atom is 0.252 e. The Kier molecular flexibility index (Phi) is 3.23. The minimum absolute atomic E-state index is 0.110. The van der Waals surface area contributed by atoms with Gasteiger partial charge < -0.3 is 0 Å². The smallest absolute Gasteiger partial charge is 0.201 e.